The number of nitrogens with zero attached hydrogens (tertiary/aromatic N) is 2. The minimum atomic E-state index is -0.252. The number of carbonyl (C=O) groups excluding carboxylic acids is 3. The maximum Gasteiger partial charge on any atom is 0.265 e. The molecular formula is C19H24N2O4. The predicted octanol–water partition coefficient (Wildman–Crippen LogP) is 2.41. The van der Waals surface area contributed by atoms with Crippen molar-refractivity contribution in [3.8, 4) is 5.75 Å². The van der Waals surface area contributed by atoms with Crippen molar-refractivity contribution in [3.63, 3.8) is 0 Å². The van der Waals surface area contributed by atoms with Crippen LogP contribution < -0.4 is 9.64 Å². The molecular weight excluding hydrogens is 320 g/mol. The molecule has 0 aliphatic carbocycles. The van der Waals surface area contributed by atoms with Gasteiger partial charge in [0.2, 0.25) is 5.91 Å². The first-order chi connectivity index (χ1) is 12.1. The highest BCUT2D eigenvalue weighted by atomic mass is 16.5. The predicted molar refractivity (Wildman–Crippen MR) is 94.0 cm³/mol. The molecule has 1 saturated heterocycles. The molecule has 1 aromatic carbocycles. The third-order valence-corrected chi connectivity index (χ3v) is 4.70. The zero-order valence-corrected chi connectivity index (χ0v) is 14.6. The van der Waals surface area contributed by atoms with Crippen molar-refractivity contribution >= 4 is 23.3 Å². The van der Waals surface area contributed by atoms with Gasteiger partial charge in [-0.3, -0.25) is 19.3 Å². The molecule has 1 fully saturated rings. The monoisotopic (exact) mass is 344 g/mol. The fraction of sp³-hybridized carbons (Fsp3) is 0.526. The van der Waals surface area contributed by atoms with Crippen LogP contribution >= 0.6 is 0 Å². The Bertz CT molecular complexity index is 680. The lowest BCUT2D eigenvalue weighted by Crippen LogP contribution is -2.47. The molecule has 0 radical (unpaired) electrons. The first-order valence-corrected chi connectivity index (χ1v) is 8.98. The van der Waals surface area contributed by atoms with E-state index in [1.165, 1.54) is 4.90 Å². The summed E-state index contributed by atoms with van der Waals surface area (Å²) in [5, 5.41) is 0. The summed E-state index contributed by atoms with van der Waals surface area (Å²) in [6, 6.07) is 5.11. The molecule has 0 unspecified atom stereocenters. The quantitative estimate of drug-likeness (QED) is 0.769. The number of rotatable bonds is 5. The molecule has 0 spiro atoms. The summed E-state index contributed by atoms with van der Waals surface area (Å²) >= 11 is 0. The van der Waals surface area contributed by atoms with Crippen molar-refractivity contribution in [3.05, 3.63) is 23.8 Å². The van der Waals surface area contributed by atoms with Crippen molar-refractivity contribution in [1.29, 1.82) is 0 Å². The Labute approximate surface area is 147 Å². The molecule has 0 saturated carbocycles. The maximum absolute atomic E-state index is 12.6. The summed E-state index contributed by atoms with van der Waals surface area (Å²) < 4.78 is 5.46. The minimum Gasteiger partial charge on any atom is -0.482 e. The summed E-state index contributed by atoms with van der Waals surface area (Å²) in [7, 11) is 0. The Morgan fingerprint density at radius 2 is 1.92 bits per heavy atom. The van der Waals surface area contributed by atoms with Crippen LogP contribution in [-0.4, -0.2) is 48.7 Å². The van der Waals surface area contributed by atoms with Gasteiger partial charge in [0.05, 0.1) is 5.69 Å². The van der Waals surface area contributed by atoms with Crippen LogP contribution in [0, 0.1) is 0 Å². The molecule has 2 heterocycles. The van der Waals surface area contributed by atoms with Crippen molar-refractivity contribution in [2.75, 3.05) is 31.1 Å². The zero-order valence-electron chi connectivity index (χ0n) is 14.6. The van der Waals surface area contributed by atoms with Gasteiger partial charge < -0.3 is 9.64 Å². The summed E-state index contributed by atoms with van der Waals surface area (Å²) in [5.74, 6) is 0.272. The first-order valence-electron chi connectivity index (χ1n) is 8.98. The van der Waals surface area contributed by atoms with Crippen LogP contribution in [0.15, 0.2) is 18.2 Å². The lowest BCUT2D eigenvalue weighted by molar-refractivity contribution is -0.132. The van der Waals surface area contributed by atoms with Gasteiger partial charge in [-0.2, -0.15) is 0 Å². The molecule has 0 atom stereocenters. The number of benzene rings is 1. The van der Waals surface area contributed by atoms with Crippen molar-refractivity contribution < 1.29 is 19.1 Å². The van der Waals surface area contributed by atoms with Gasteiger partial charge >= 0.3 is 0 Å². The van der Waals surface area contributed by atoms with E-state index in [0.717, 1.165) is 38.8 Å². The van der Waals surface area contributed by atoms with Crippen LogP contribution in [0.1, 0.15) is 49.4 Å². The highest BCUT2D eigenvalue weighted by Gasteiger charge is 2.30. The number of ketones is 1. The molecule has 0 N–H and O–H groups in total. The molecule has 2 aliphatic heterocycles. The number of piperidine rings is 1. The lowest BCUT2D eigenvalue weighted by Gasteiger charge is -2.32. The Balaban J connectivity index is 1.82. The van der Waals surface area contributed by atoms with E-state index in [4.69, 9.17) is 4.74 Å². The van der Waals surface area contributed by atoms with Crippen LogP contribution in [-0.2, 0) is 9.59 Å². The van der Waals surface area contributed by atoms with Crippen LogP contribution in [0.25, 0.3) is 0 Å². The third kappa shape index (κ3) is 3.83. The van der Waals surface area contributed by atoms with Gasteiger partial charge in [0.1, 0.15) is 12.3 Å². The summed E-state index contributed by atoms with van der Waals surface area (Å²) in [4.78, 5) is 40.3. The second kappa shape index (κ2) is 7.68. The van der Waals surface area contributed by atoms with Gasteiger partial charge in [0.25, 0.3) is 5.91 Å². The van der Waals surface area contributed by atoms with E-state index in [9.17, 15) is 14.4 Å². The highest BCUT2D eigenvalue weighted by Crippen LogP contribution is 2.33. The normalized spacial score (nSPS) is 17.1. The number of hydrogen-bond donors (Lipinski definition) is 0. The molecule has 6 heteroatoms. The molecule has 25 heavy (non-hydrogen) atoms. The smallest absolute Gasteiger partial charge is 0.265 e. The average molecular weight is 344 g/mol. The van der Waals surface area contributed by atoms with E-state index in [2.05, 4.69) is 0 Å². The molecule has 134 valence electrons. The number of carbonyl (C=O) groups is 3. The molecule has 2 aliphatic rings. The number of ether oxygens (including phenoxy) is 1. The van der Waals surface area contributed by atoms with Gasteiger partial charge in [-0.1, -0.05) is 6.92 Å². The maximum atomic E-state index is 12.6. The van der Waals surface area contributed by atoms with E-state index < -0.39 is 0 Å². The molecule has 0 bridgehead atoms. The largest absolute Gasteiger partial charge is 0.482 e. The summed E-state index contributed by atoms with van der Waals surface area (Å²) in [5.41, 5.74) is 1.07. The van der Waals surface area contributed by atoms with E-state index >= 15 is 0 Å². The number of Topliss-reactive ketones (excluding diaryl/α,β-unsaturated/α-hetero) is 1. The third-order valence-electron chi connectivity index (χ3n) is 4.70. The Morgan fingerprint density at radius 3 is 2.64 bits per heavy atom. The van der Waals surface area contributed by atoms with Gasteiger partial charge in [-0.25, -0.2) is 0 Å². The standard InChI is InChI=1S/C19H24N2O4/c1-2-6-16(22)14-7-8-17-15(11-14)21(19(24)13-25-17)12-18(23)20-9-4-3-5-10-20/h7-8,11H,2-6,9-10,12-13H2,1H3. The molecule has 6 nitrogen and oxygen atoms in total. The number of hydrogen-bond acceptors (Lipinski definition) is 4. The van der Waals surface area contributed by atoms with Gasteiger partial charge in [-0.15, -0.1) is 0 Å². The molecule has 0 aromatic heterocycles. The van der Waals surface area contributed by atoms with E-state index in [-0.39, 0.29) is 30.7 Å². The van der Waals surface area contributed by atoms with Gasteiger partial charge in [-0.05, 0) is 43.9 Å². The molecule has 3 rings (SSSR count). The number of anilines is 1. The Kier molecular flexibility index (Phi) is 5.36. The van der Waals surface area contributed by atoms with E-state index in [0.29, 0.717) is 23.4 Å². The number of likely N-dealkylation sites (tertiary alicyclic amines) is 1. The fourth-order valence-electron chi connectivity index (χ4n) is 3.30. The van der Waals surface area contributed by atoms with Crippen molar-refractivity contribution in [1.82, 2.24) is 4.90 Å². The fourth-order valence-corrected chi connectivity index (χ4v) is 3.30. The first kappa shape index (κ1) is 17.5. The Morgan fingerprint density at radius 1 is 1.16 bits per heavy atom. The summed E-state index contributed by atoms with van der Waals surface area (Å²) in [6.45, 7) is 3.37. The topological polar surface area (TPSA) is 66.9 Å². The van der Waals surface area contributed by atoms with Gasteiger partial charge in [0, 0.05) is 25.1 Å². The SMILES string of the molecule is CCCC(=O)c1ccc2c(c1)N(CC(=O)N1CCCCC1)C(=O)CO2. The number of amides is 2. The highest BCUT2D eigenvalue weighted by molar-refractivity contribution is 6.04. The van der Waals surface area contributed by atoms with Crippen LogP contribution in [0.2, 0.25) is 0 Å². The van der Waals surface area contributed by atoms with Crippen LogP contribution in [0.4, 0.5) is 5.69 Å². The second-order valence-corrected chi connectivity index (χ2v) is 6.57. The van der Waals surface area contributed by atoms with Crippen molar-refractivity contribution in [2.24, 2.45) is 0 Å². The van der Waals surface area contributed by atoms with Crippen LogP contribution in [0.3, 0.4) is 0 Å². The van der Waals surface area contributed by atoms with E-state index in [1.807, 2.05) is 11.8 Å². The van der Waals surface area contributed by atoms with Crippen molar-refractivity contribution in [2.45, 2.75) is 39.0 Å². The molecule has 1 aromatic rings. The summed E-state index contributed by atoms with van der Waals surface area (Å²) in [6.07, 6.45) is 4.39. The van der Waals surface area contributed by atoms with Gasteiger partial charge in [0.15, 0.2) is 12.4 Å². The second-order valence-electron chi connectivity index (χ2n) is 6.57. The lowest BCUT2D eigenvalue weighted by atomic mass is 10.0. The van der Waals surface area contributed by atoms with Crippen LogP contribution in [0.5, 0.6) is 5.75 Å². The number of fused-ring (bicyclic) bond motifs is 1. The average Bonchev–Trinajstić information content (AvgIpc) is 2.64. The minimum absolute atomic E-state index is 0.000610. The van der Waals surface area contributed by atoms with E-state index in [1.54, 1.807) is 18.2 Å². The zero-order chi connectivity index (χ0) is 17.8. The molecule has 2 amide bonds. The Hall–Kier alpha value is -2.37.